The second-order valence-corrected chi connectivity index (χ2v) is 6.79. The molecule has 136 valence electrons. The van der Waals surface area contributed by atoms with Gasteiger partial charge in [0.1, 0.15) is 12.1 Å². The van der Waals surface area contributed by atoms with Gasteiger partial charge in [0.05, 0.1) is 24.6 Å². The number of piperazine rings is 1. The van der Waals surface area contributed by atoms with Gasteiger partial charge in [-0.2, -0.15) is 5.10 Å². The van der Waals surface area contributed by atoms with Crippen LogP contribution in [0.1, 0.15) is 20.3 Å². The Kier molecular flexibility index (Phi) is 5.47. The second-order valence-electron chi connectivity index (χ2n) is 6.79. The van der Waals surface area contributed by atoms with E-state index >= 15 is 0 Å². The summed E-state index contributed by atoms with van der Waals surface area (Å²) < 4.78 is 7.26. The minimum Gasteiger partial charge on any atom is -0.381 e. The highest BCUT2D eigenvalue weighted by atomic mass is 16.5. The number of rotatable bonds is 6. The fourth-order valence-corrected chi connectivity index (χ4v) is 3.01. The number of amides is 1. The lowest BCUT2D eigenvalue weighted by Gasteiger charge is -2.35. The molecule has 0 aromatic carbocycles. The minimum absolute atomic E-state index is 0.164. The summed E-state index contributed by atoms with van der Waals surface area (Å²) in [6.45, 7) is 8.35. The van der Waals surface area contributed by atoms with Crippen LogP contribution in [0.4, 0.5) is 5.82 Å². The fourth-order valence-electron chi connectivity index (χ4n) is 3.01. The molecule has 1 fully saturated rings. The van der Waals surface area contributed by atoms with Crippen molar-refractivity contribution in [3.63, 3.8) is 0 Å². The third-order valence-electron chi connectivity index (χ3n) is 4.35. The maximum absolute atomic E-state index is 12.3. The van der Waals surface area contributed by atoms with Crippen molar-refractivity contribution >= 4 is 22.8 Å². The predicted octanol–water partition coefficient (Wildman–Crippen LogP) is 1.07. The van der Waals surface area contributed by atoms with Crippen molar-refractivity contribution in [3.8, 4) is 0 Å². The monoisotopic (exact) mass is 346 g/mol. The molecule has 2 aromatic rings. The first-order chi connectivity index (χ1) is 12.1. The minimum atomic E-state index is 0.164. The van der Waals surface area contributed by atoms with E-state index in [1.807, 2.05) is 11.9 Å². The van der Waals surface area contributed by atoms with Crippen LogP contribution in [0.15, 0.2) is 12.5 Å². The molecule has 0 unspecified atom stereocenters. The zero-order chi connectivity index (χ0) is 17.8. The highest BCUT2D eigenvalue weighted by molar-refractivity contribution is 5.86. The summed E-state index contributed by atoms with van der Waals surface area (Å²) in [7, 11) is 1.87. The van der Waals surface area contributed by atoms with E-state index in [1.165, 1.54) is 0 Å². The molecule has 0 N–H and O–H groups in total. The van der Waals surface area contributed by atoms with Gasteiger partial charge < -0.3 is 14.5 Å². The molecule has 0 spiro atoms. The first-order valence-corrected chi connectivity index (χ1v) is 8.79. The molecular weight excluding hydrogens is 320 g/mol. The van der Waals surface area contributed by atoms with E-state index < -0.39 is 0 Å². The van der Waals surface area contributed by atoms with Gasteiger partial charge in [-0.25, -0.2) is 9.97 Å². The molecule has 0 atom stereocenters. The molecule has 2 aromatic heterocycles. The van der Waals surface area contributed by atoms with Crippen molar-refractivity contribution in [1.82, 2.24) is 24.6 Å². The Morgan fingerprint density at radius 1 is 1.24 bits per heavy atom. The van der Waals surface area contributed by atoms with Crippen molar-refractivity contribution < 1.29 is 9.53 Å². The molecule has 1 aliphatic heterocycles. The van der Waals surface area contributed by atoms with Crippen molar-refractivity contribution in [3.05, 3.63) is 12.5 Å². The van der Waals surface area contributed by atoms with Crippen LogP contribution in [0, 0.1) is 5.92 Å². The molecule has 8 nitrogen and oxygen atoms in total. The standard InChI is InChI=1S/C17H26N6O2/c1-13(2)11-25-9-4-15(24)22-5-7-23(8-6-22)17-14-10-20-21(3)16(14)18-12-19-17/h10,12-13H,4-9,11H2,1-3H3. The molecule has 1 aliphatic rings. The van der Waals surface area contributed by atoms with Crippen LogP contribution >= 0.6 is 0 Å². The third-order valence-corrected chi connectivity index (χ3v) is 4.35. The van der Waals surface area contributed by atoms with E-state index in [1.54, 1.807) is 17.2 Å². The average Bonchev–Trinajstić information content (AvgIpc) is 3.00. The molecule has 25 heavy (non-hydrogen) atoms. The highest BCUT2D eigenvalue weighted by Gasteiger charge is 2.23. The summed E-state index contributed by atoms with van der Waals surface area (Å²) in [5.74, 6) is 1.55. The average molecular weight is 346 g/mol. The quantitative estimate of drug-likeness (QED) is 0.729. The lowest BCUT2D eigenvalue weighted by molar-refractivity contribution is -0.132. The number of hydrogen-bond acceptors (Lipinski definition) is 6. The largest absolute Gasteiger partial charge is 0.381 e. The van der Waals surface area contributed by atoms with Crippen LogP contribution in [0.2, 0.25) is 0 Å². The van der Waals surface area contributed by atoms with E-state index in [0.717, 1.165) is 29.9 Å². The van der Waals surface area contributed by atoms with Gasteiger partial charge in [0.2, 0.25) is 5.91 Å². The summed E-state index contributed by atoms with van der Waals surface area (Å²) >= 11 is 0. The summed E-state index contributed by atoms with van der Waals surface area (Å²) in [4.78, 5) is 25.1. The van der Waals surface area contributed by atoms with Crippen LogP contribution in [0.5, 0.6) is 0 Å². The van der Waals surface area contributed by atoms with Gasteiger partial charge in [0.25, 0.3) is 0 Å². The Labute approximate surface area is 147 Å². The van der Waals surface area contributed by atoms with Crippen molar-refractivity contribution in [2.45, 2.75) is 20.3 Å². The number of aryl methyl sites for hydroxylation is 1. The van der Waals surface area contributed by atoms with Crippen LogP contribution in [-0.4, -0.2) is 69.9 Å². The number of aromatic nitrogens is 4. The maximum atomic E-state index is 12.3. The molecule has 1 amide bonds. The second kappa shape index (κ2) is 7.77. The number of hydrogen-bond donors (Lipinski definition) is 0. The Hall–Kier alpha value is -2.22. The number of carbonyl (C=O) groups is 1. The van der Waals surface area contributed by atoms with Gasteiger partial charge in [0, 0.05) is 39.8 Å². The summed E-state index contributed by atoms with van der Waals surface area (Å²) in [6.07, 6.45) is 3.82. The molecule has 0 aliphatic carbocycles. The normalized spacial score (nSPS) is 15.4. The first-order valence-electron chi connectivity index (χ1n) is 8.79. The lowest BCUT2D eigenvalue weighted by Crippen LogP contribution is -2.49. The number of carbonyl (C=O) groups excluding carboxylic acids is 1. The number of anilines is 1. The first kappa shape index (κ1) is 17.6. The van der Waals surface area contributed by atoms with Gasteiger partial charge in [0.15, 0.2) is 5.65 Å². The fraction of sp³-hybridized carbons (Fsp3) is 0.647. The van der Waals surface area contributed by atoms with Gasteiger partial charge in [-0.3, -0.25) is 9.48 Å². The molecule has 8 heteroatoms. The summed E-state index contributed by atoms with van der Waals surface area (Å²) in [6, 6.07) is 0. The van der Waals surface area contributed by atoms with E-state index in [2.05, 4.69) is 33.8 Å². The predicted molar refractivity (Wildman–Crippen MR) is 95.4 cm³/mol. The number of fused-ring (bicyclic) bond motifs is 1. The zero-order valence-corrected chi connectivity index (χ0v) is 15.2. The molecular formula is C17H26N6O2. The molecule has 1 saturated heterocycles. The third kappa shape index (κ3) is 4.07. The molecule has 0 saturated carbocycles. The topological polar surface area (TPSA) is 76.4 Å². The van der Waals surface area contributed by atoms with E-state index in [4.69, 9.17) is 4.74 Å². The van der Waals surface area contributed by atoms with E-state index in [9.17, 15) is 4.79 Å². The Morgan fingerprint density at radius 3 is 2.72 bits per heavy atom. The van der Waals surface area contributed by atoms with Gasteiger partial charge in [-0.1, -0.05) is 13.8 Å². The maximum Gasteiger partial charge on any atom is 0.225 e. The molecule has 3 heterocycles. The summed E-state index contributed by atoms with van der Waals surface area (Å²) in [5.41, 5.74) is 0.825. The van der Waals surface area contributed by atoms with Crippen LogP contribution in [-0.2, 0) is 16.6 Å². The highest BCUT2D eigenvalue weighted by Crippen LogP contribution is 2.23. The Bertz CT molecular complexity index is 721. The van der Waals surface area contributed by atoms with Gasteiger partial charge in [-0.15, -0.1) is 0 Å². The lowest BCUT2D eigenvalue weighted by atomic mass is 10.2. The van der Waals surface area contributed by atoms with Crippen molar-refractivity contribution in [2.24, 2.45) is 13.0 Å². The molecule has 3 rings (SSSR count). The van der Waals surface area contributed by atoms with Crippen LogP contribution in [0.25, 0.3) is 11.0 Å². The molecule has 0 bridgehead atoms. The zero-order valence-electron chi connectivity index (χ0n) is 15.2. The Balaban J connectivity index is 1.54. The number of nitrogens with zero attached hydrogens (tertiary/aromatic N) is 6. The van der Waals surface area contributed by atoms with Crippen LogP contribution in [0.3, 0.4) is 0 Å². The summed E-state index contributed by atoms with van der Waals surface area (Å²) in [5, 5.41) is 5.21. The number of ether oxygens (including phenoxy) is 1. The van der Waals surface area contributed by atoms with Gasteiger partial charge in [-0.05, 0) is 5.92 Å². The smallest absolute Gasteiger partial charge is 0.225 e. The van der Waals surface area contributed by atoms with Crippen LogP contribution < -0.4 is 4.90 Å². The molecule has 0 radical (unpaired) electrons. The Morgan fingerprint density at radius 2 is 2.00 bits per heavy atom. The SMILES string of the molecule is CC(C)COCCC(=O)N1CCN(c2ncnc3c2cnn3C)CC1. The van der Waals surface area contributed by atoms with Crippen molar-refractivity contribution in [1.29, 1.82) is 0 Å². The van der Waals surface area contributed by atoms with Crippen molar-refractivity contribution in [2.75, 3.05) is 44.3 Å². The van der Waals surface area contributed by atoms with E-state index in [-0.39, 0.29) is 5.91 Å². The van der Waals surface area contributed by atoms with Gasteiger partial charge >= 0.3 is 0 Å². The van der Waals surface area contributed by atoms with E-state index in [0.29, 0.717) is 38.6 Å².